The fraction of sp³-hybridized carbons (Fsp3) is 0.0476. The number of hydrogen-bond donors (Lipinski definition) is 1. The molecule has 0 saturated carbocycles. The largest absolute Gasteiger partial charge is 0.497 e. The van der Waals surface area contributed by atoms with E-state index in [4.69, 9.17) is 9.15 Å². The van der Waals surface area contributed by atoms with Crippen molar-refractivity contribution < 1.29 is 13.9 Å². The van der Waals surface area contributed by atoms with Gasteiger partial charge in [0.15, 0.2) is 5.58 Å². The van der Waals surface area contributed by atoms with E-state index in [1.807, 2.05) is 48.5 Å². The summed E-state index contributed by atoms with van der Waals surface area (Å²) < 4.78 is 11.0. The van der Waals surface area contributed by atoms with Gasteiger partial charge in [-0.1, -0.05) is 24.3 Å². The first kappa shape index (κ1) is 15.9. The second kappa shape index (κ2) is 6.72. The smallest absolute Gasteiger partial charge is 0.255 e. The minimum atomic E-state index is -0.212. The summed E-state index contributed by atoms with van der Waals surface area (Å²) in [4.78, 5) is 17.1. The molecule has 0 aliphatic rings. The van der Waals surface area contributed by atoms with E-state index in [2.05, 4.69) is 10.3 Å². The summed E-state index contributed by atoms with van der Waals surface area (Å²) in [6, 6.07) is 21.9. The Bertz CT molecular complexity index is 1040. The highest BCUT2D eigenvalue weighted by Gasteiger charge is 2.14. The van der Waals surface area contributed by atoms with Gasteiger partial charge in [-0.3, -0.25) is 4.79 Å². The molecule has 0 bridgehead atoms. The summed E-state index contributed by atoms with van der Waals surface area (Å²) in [7, 11) is 1.59. The molecular formula is C21H16N2O3. The monoisotopic (exact) mass is 344 g/mol. The second-order valence-electron chi connectivity index (χ2n) is 5.71. The molecule has 0 aliphatic heterocycles. The van der Waals surface area contributed by atoms with Gasteiger partial charge in [0.05, 0.1) is 18.4 Å². The third-order valence-electron chi connectivity index (χ3n) is 4.05. The Morgan fingerprint density at radius 3 is 2.46 bits per heavy atom. The summed E-state index contributed by atoms with van der Waals surface area (Å²) in [6.07, 6.45) is 0. The fourth-order valence-corrected chi connectivity index (χ4v) is 2.70. The van der Waals surface area contributed by atoms with Crippen molar-refractivity contribution in [3.05, 3.63) is 78.4 Å². The molecule has 4 aromatic rings. The molecule has 128 valence electrons. The summed E-state index contributed by atoms with van der Waals surface area (Å²) in [5.41, 5.74) is 3.39. The number of nitrogens with zero attached hydrogens (tertiary/aromatic N) is 1. The number of ether oxygens (including phenoxy) is 1. The average molecular weight is 344 g/mol. The molecule has 0 fully saturated rings. The third kappa shape index (κ3) is 3.02. The number of methoxy groups -OCH3 is 1. The van der Waals surface area contributed by atoms with E-state index < -0.39 is 0 Å². The van der Waals surface area contributed by atoms with Gasteiger partial charge >= 0.3 is 0 Å². The van der Waals surface area contributed by atoms with Crippen molar-refractivity contribution in [3.8, 4) is 17.2 Å². The molecule has 1 aromatic heterocycles. The molecule has 5 heteroatoms. The first-order chi connectivity index (χ1) is 12.7. The zero-order chi connectivity index (χ0) is 17.9. The van der Waals surface area contributed by atoms with Crippen LogP contribution in [0.25, 0.3) is 22.6 Å². The number of carbonyl (C=O) groups excluding carboxylic acids is 1. The number of amides is 1. The van der Waals surface area contributed by atoms with E-state index in [0.29, 0.717) is 28.5 Å². The lowest BCUT2D eigenvalue weighted by atomic mass is 10.1. The van der Waals surface area contributed by atoms with Crippen LogP contribution in [0.5, 0.6) is 5.75 Å². The van der Waals surface area contributed by atoms with Crippen molar-refractivity contribution in [2.45, 2.75) is 0 Å². The molecule has 1 N–H and O–H groups in total. The Balaban J connectivity index is 1.66. The van der Waals surface area contributed by atoms with Crippen LogP contribution in [0.3, 0.4) is 0 Å². The first-order valence-electron chi connectivity index (χ1n) is 8.15. The molecule has 0 radical (unpaired) electrons. The minimum Gasteiger partial charge on any atom is -0.497 e. The highest BCUT2D eigenvalue weighted by molar-refractivity contribution is 6.06. The molecule has 5 nitrogen and oxygen atoms in total. The predicted molar refractivity (Wildman–Crippen MR) is 100 cm³/mol. The SMILES string of the molecule is COc1ccc(C(=O)Nc2ccccc2-c2nc3ccccc3o2)cc1. The van der Waals surface area contributed by atoms with Gasteiger partial charge in [0.2, 0.25) is 5.89 Å². The van der Waals surface area contributed by atoms with Crippen molar-refractivity contribution in [2.75, 3.05) is 12.4 Å². The number of hydrogen-bond acceptors (Lipinski definition) is 4. The van der Waals surface area contributed by atoms with Crippen LogP contribution >= 0.6 is 0 Å². The van der Waals surface area contributed by atoms with Crippen LogP contribution in [0.15, 0.2) is 77.2 Å². The van der Waals surface area contributed by atoms with E-state index in [1.54, 1.807) is 31.4 Å². The number of fused-ring (bicyclic) bond motifs is 1. The van der Waals surface area contributed by atoms with Crippen LogP contribution < -0.4 is 10.1 Å². The number of benzene rings is 3. The van der Waals surface area contributed by atoms with Gasteiger partial charge in [-0.05, 0) is 48.5 Å². The zero-order valence-electron chi connectivity index (χ0n) is 14.1. The number of rotatable bonds is 4. The van der Waals surface area contributed by atoms with Crippen molar-refractivity contribution in [1.82, 2.24) is 4.98 Å². The molecule has 0 unspecified atom stereocenters. The van der Waals surface area contributed by atoms with Crippen LogP contribution in [0.4, 0.5) is 5.69 Å². The normalized spacial score (nSPS) is 10.7. The quantitative estimate of drug-likeness (QED) is 0.580. The average Bonchev–Trinajstić information content (AvgIpc) is 3.12. The summed E-state index contributed by atoms with van der Waals surface area (Å²) in [5.74, 6) is 0.960. The van der Waals surface area contributed by atoms with Crippen molar-refractivity contribution >= 4 is 22.7 Å². The van der Waals surface area contributed by atoms with Crippen molar-refractivity contribution in [2.24, 2.45) is 0 Å². The van der Waals surface area contributed by atoms with Gasteiger partial charge in [-0.15, -0.1) is 0 Å². The molecule has 26 heavy (non-hydrogen) atoms. The molecular weight excluding hydrogens is 328 g/mol. The van der Waals surface area contributed by atoms with Crippen molar-refractivity contribution in [3.63, 3.8) is 0 Å². The van der Waals surface area contributed by atoms with Crippen LogP contribution in [-0.2, 0) is 0 Å². The van der Waals surface area contributed by atoms with Gasteiger partial charge in [0.1, 0.15) is 11.3 Å². The fourth-order valence-electron chi connectivity index (χ4n) is 2.70. The Morgan fingerprint density at radius 1 is 0.962 bits per heavy atom. The van der Waals surface area contributed by atoms with Gasteiger partial charge in [-0.25, -0.2) is 4.98 Å². The Labute approximate surface area is 150 Å². The number of nitrogens with one attached hydrogen (secondary N) is 1. The van der Waals surface area contributed by atoms with Crippen LogP contribution in [0, 0.1) is 0 Å². The Morgan fingerprint density at radius 2 is 1.69 bits per heavy atom. The molecule has 1 amide bonds. The van der Waals surface area contributed by atoms with Gasteiger partial charge < -0.3 is 14.5 Å². The van der Waals surface area contributed by atoms with Crippen LogP contribution in [0.2, 0.25) is 0 Å². The first-order valence-corrected chi connectivity index (χ1v) is 8.15. The molecule has 3 aromatic carbocycles. The molecule has 0 spiro atoms. The maximum Gasteiger partial charge on any atom is 0.255 e. The standard InChI is InChI=1S/C21H16N2O3/c1-25-15-12-10-14(11-13-15)20(24)22-17-7-3-2-6-16(17)21-23-18-8-4-5-9-19(18)26-21/h2-13H,1H3,(H,22,24). The highest BCUT2D eigenvalue weighted by atomic mass is 16.5. The molecule has 0 aliphatic carbocycles. The second-order valence-corrected chi connectivity index (χ2v) is 5.71. The third-order valence-corrected chi connectivity index (χ3v) is 4.05. The summed E-state index contributed by atoms with van der Waals surface area (Å²) >= 11 is 0. The number of para-hydroxylation sites is 3. The van der Waals surface area contributed by atoms with E-state index in [0.717, 1.165) is 11.1 Å². The number of anilines is 1. The van der Waals surface area contributed by atoms with E-state index >= 15 is 0 Å². The van der Waals surface area contributed by atoms with E-state index in [9.17, 15) is 4.79 Å². The van der Waals surface area contributed by atoms with Crippen LogP contribution in [0.1, 0.15) is 10.4 Å². The number of carbonyl (C=O) groups is 1. The zero-order valence-corrected chi connectivity index (χ0v) is 14.1. The lowest BCUT2D eigenvalue weighted by molar-refractivity contribution is 0.102. The highest BCUT2D eigenvalue weighted by Crippen LogP contribution is 2.30. The maximum atomic E-state index is 12.6. The van der Waals surface area contributed by atoms with Gasteiger partial charge in [0.25, 0.3) is 5.91 Å². The van der Waals surface area contributed by atoms with E-state index in [-0.39, 0.29) is 5.91 Å². The lowest BCUT2D eigenvalue weighted by Gasteiger charge is -2.09. The topological polar surface area (TPSA) is 64.4 Å². The van der Waals surface area contributed by atoms with Gasteiger partial charge in [0, 0.05) is 5.56 Å². The molecule has 0 atom stereocenters. The number of aromatic nitrogens is 1. The molecule has 4 rings (SSSR count). The van der Waals surface area contributed by atoms with Crippen LogP contribution in [-0.4, -0.2) is 18.0 Å². The summed E-state index contributed by atoms with van der Waals surface area (Å²) in [6.45, 7) is 0. The van der Waals surface area contributed by atoms with Crippen molar-refractivity contribution in [1.29, 1.82) is 0 Å². The number of oxazole rings is 1. The maximum absolute atomic E-state index is 12.6. The molecule has 0 saturated heterocycles. The summed E-state index contributed by atoms with van der Waals surface area (Å²) in [5, 5.41) is 2.93. The Hall–Kier alpha value is -3.60. The minimum absolute atomic E-state index is 0.212. The molecule has 1 heterocycles. The lowest BCUT2D eigenvalue weighted by Crippen LogP contribution is -2.12. The van der Waals surface area contributed by atoms with Gasteiger partial charge in [-0.2, -0.15) is 0 Å². The Kier molecular flexibility index (Phi) is 4.11. The van der Waals surface area contributed by atoms with E-state index in [1.165, 1.54) is 0 Å². The predicted octanol–water partition coefficient (Wildman–Crippen LogP) is 4.76.